The summed E-state index contributed by atoms with van der Waals surface area (Å²) in [5.41, 5.74) is 5.65. The highest BCUT2D eigenvalue weighted by molar-refractivity contribution is 5.81. The molecule has 0 rings (SSSR count). The van der Waals surface area contributed by atoms with Crippen molar-refractivity contribution < 1.29 is 4.79 Å². The van der Waals surface area contributed by atoms with Crippen LogP contribution in [0.25, 0.3) is 0 Å². The van der Waals surface area contributed by atoms with Crippen molar-refractivity contribution in [3.05, 3.63) is 0 Å². The van der Waals surface area contributed by atoms with Crippen LogP contribution in [-0.2, 0) is 4.79 Å². The molecular weight excluding hydrogens is 152 g/mol. The summed E-state index contributed by atoms with van der Waals surface area (Å²) in [6.07, 6.45) is 0.880. The quantitative estimate of drug-likeness (QED) is 0.636. The Morgan fingerprint density at radius 2 is 2.00 bits per heavy atom. The van der Waals surface area contributed by atoms with Gasteiger partial charge in [-0.15, -0.1) is 0 Å². The third kappa shape index (κ3) is 3.83. The second-order valence-corrected chi connectivity index (χ2v) is 3.57. The van der Waals surface area contributed by atoms with Gasteiger partial charge in [0.05, 0.1) is 6.04 Å². The third-order valence-corrected chi connectivity index (χ3v) is 2.06. The maximum absolute atomic E-state index is 11.1. The first-order chi connectivity index (χ1) is 5.49. The molecule has 3 atom stereocenters. The van der Waals surface area contributed by atoms with Crippen molar-refractivity contribution in [2.45, 2.75) is 39.3 Å². The molecule has 2 unspecified atom stereocenters. The van der Waals surface area contributed by atoms with Gasteiger partial charge in [-0.1, -0.05) is 6.92 Å². The Bertz CT molecular complexity index is 145. The Balaban J connectivity index is 4.02. The number of rotatable bonds is 5. The average molecular weight is 172 g/mol. The zero-order valence-electron chi connectivity index (χ0n) is 8.42. The summed E-state index contributed by atoms with van der Waals surface area (Å²) in [6.45, 7) is 5.62. The molecule has 0 aromatic heterocycles. The zero-order valence-corrected chi connectivity index (χ0v) is 8.42. The van der Waals surface area contributed by atoms with Gasteiger partial charge in [0.1, 0.15) is 5.78 Å². The van der Waals surface area contributed by atoms with Gasteiger partial charge >= 0.3 is 0 Å². The van der Waals surface area contributed by atoms with Gasteiger partial charge in [-0.2, -0.15) is 0 Å². The van der Waals surface area contributed by atoms with Gasteiger partial charge in [0.25, 0.3) is 0 Å². The lowest BCUT2D eigenvalue weighted by atomic mass is 9.93. The van der Waals surface area contributed by atoms with Crippen LogP contribution in [-0.4, -0.2) is 24.9 Å². The first-order valence-corrected chi connectivity index (χ1v) is 4.42. The van der Waals surface area contributed by atoms with E-state index in [0.29, 0.717) is 5.92 Å². The highest BCUT2D eigenvalue weighted by Crippen LogP contribution is 2.10. The molecule has 0 spiro atoms. The van der Waals surface area contributed by atoms with E-state index in [0.717, 1.165) is 6.42 Å². The number of ketones is 1. The SMILES string of the molecule is CNC(C(C)=O)[C@H](C)CC(C)N. The number of hydrogen-bond acceptors (Lipinski definition) is 3. The molecule has 0 bridgehead atoms. The molecule has 3 nitrogen and oxygen atoms in total. The summed E-state index contributed by atoms with van der Waals surface area (Å²) in [5, 5.41) is 3.00. The van der Waals surface area contributed by atoms with E-state index in [9.17, 15) is 4.79 Å². The lowest BCUT2D eigenvalue weighted by molar-refractivity contribution is -0.120. The second kappa shape index (κ2) is 5.27. The molecule has 0 heterocycles. The third-order valence-electron chi connectivity index (χ3n) is 2.06. The van der Waals surface area contributed by atoms with Gasteiger partial charge in [-0.3, -0.25) is 4.79 Å². The standard InChI is InChI=1S/C9H20N2O/c1-6(5-7(2)10)9(11-4)8(3)12/h6-7,9,11H,5,10H2,1-4H3/t6-,7?,9?/m1/s1. The van der Waals surface area contributed by atoms with Gasteiger partial charge in [-0.25, -0.2) is 0 Å². The molecule has 0 aliphatic rings. The fourth-order valence-corrected chi connectivity index (χ4v) is 1.61. The van der Waals surface area contributed by atoms with Crippen LogP contribution in [0.2, 0.25) is 0 Å². The summed E-state index contributed by atoms with van der Waals surface area (Å²) >= 11 is 0. The topological polar surface area (TPSA) is 55.1 Å². The molecule has 0 amide bonds. The molecule has 0 aromatic rings. The Kier molecular flexibility index (Phi) is 5.09. The normalized spacial score (nSPS) is 18.4. The minimum atomic E-state index is -0.0454. The Morgan fingerprint density at radius 3 is 2.25 bits per heavy atom. The van der Waals surface area contributed by atoms with Crippen molar-refractivity contribution in [2.24, 2.45) is 11.7 Å². The number of carbonyl (C=O) groups is 1. The molecule has 0 radical (unpaired) electrons. The summed E-state index contributed by atoms with van der Waals surface area (Å²) in [7, 11) is 1.81. The summed E-state index contributed by atoms with van der Waals surface area (Å²) in [6, 6.07) is 0.117. The summed E-state index contributed by atoms with van der Waals surface area (Å²) < 4.78 is 0. The van der Waals surface area contributed by atoms with Crippen LogP contribution >= 0.6 is 0 Å². The molecule has 3 heteroatoms. The monoisotopic (exact) mass is 172 g/mol. The molecule has 0 saturated carbocycles. The van der Waals surface area contributed by atoms with Gasteiger partial charge in [0, 0.05) is 6.04 Å². The predicted octanol–water partition coefficient (Wildman–Crippen LogP) is 0.537. The van der Waals surface area contributed by atoms with Crippen molar-refractivity contribution in [2.75, 3.05) is 7.05 Å². The van der Waals surface area contributed by atoms with E-state index < -0.39 is 0 Å². The number of hydrogen-bond donors (Lipinski definition) is 2. The van der Waals surface area contributed by atoms with Crippen molar-refractivity contribution in [3.63, 3.8) is 0 Å². The van der Waals surface area contributed by atoms with E-state index in [-0.39, 0.29) is 17.9 Å². The van der Waals surface area contributed by atoms with Gasteiger partial charge in [0.2, 0.25) is 0 Å². The number of nitrogens with one attached hydrogen (secondary N) is 1. The Morgan fingerprint density at radius 1 is 1.50 bits per heavy atom. The second-order valence-electron chi connectivity index (χ2n) is 3.57. The van der Waals surface area contributed by atoms with Crippen LogP contribution < -0.4 is 11.1 Å². The van der Waals surface area contributed by atoms with Crippen LogP contribution in [0.4, 0.5) is 0 Å². The van der Waals surface area contributed by atoms with E-state index in [4.69, 9.17) is 5.73 Å². The molecule has 72 valence electrons. The maximum Gasteiger partial charge on any atom is 0.146 e. The molecule has 0 aromatic carbocycles. The first-order valence-electron chi connectivity index (χ1n) is 4.42. The fourth-order valence-electron chi connectivity index (χ4n) is 1.61. The van der Waals surface area contributed by atoms with Crippen molar-refractivity contribution in [3.8, 4) is 0 Å². The summed E-state index contributed by atoms with van der Waals surface area (Å²) in [5.74, 6) is 0.498. The van der Waals surface area contributed by atoms with E-state index in [2.05, 4.69) is 5.32 Å². The molecule has 3 N–H and O–H groups in total. The molecule has 0 saturated heterocycles. The van der Waals surface area contributed by atoms with E-state index in [1.807, 2.05) is 20.9 Å². The lowest BCUT2D eigenvalue weighted by Gasteiger charge is -2.22. The van der Waals surface area contributed by atoms with Crippen molar-refractivity contribution >= 4 is 5.78 Å². The van der Waals surface area contributed by atoms with Crippen molar-refractivity contribution in [1.29, 1.82) is 0 Å². The molecule has 0 fully saturated rings. The van der Waals surface area contributed by atoms with E-state index in [1.165, 1.54) is 0 Å². The summed E-state index contributed by atoms with van der Waals surface area (Å²) in [4.78, 5) is 11.1. The van der Waals surface area contributed by atoms with E-state index >= 15 is 0 Å². The van der Waals surface area contributed by atoms with E-state index in [1.54, 1.807) is 6.92 Å². The highest BCUT2D eigenvalue weighted by atomic mass is 16.1. The zero-order chi connectivity index (χ0) is 9.72. The van der Waals surface area contributed by atoms with Gasteiger partial charge in [-0.05, 0) is 33.2 Å². The number of nitrogens with two attached hydrogens (primary N) is 1. The fraction of sp³-hybridized carbons (Fsp3) is 0.889. The number of likely N-dealkylation sites (N-methyl/N-ethyl adjacent to an activating group) is 1. The van der Waals surface area contributed by atoms with Gasteiger partial charge < -0.3 is 11.1 Å². The first kappa shape index (κ1) is 11.6. The van der Waals surface area contributed by atoms with Crippen LogP contribution in [0, 0.1) is 5.92 Å². The van der Waals surface area contributed by atoms with Crippen LogP contribution in [0.5, 0.6) is 0 Å². The molecule has 12 heavy (non-hydrogen) atoms. The molecule has 0 aliphatic heterocycles. The highest BCUT2D eigenvalue weighted by Gasteiger charge is 2.20. The number of carbonyl (C=O) groups excluding carboxylic acids is 1. The maximum atomic E-state index is 11.1. The Labute approximate surface area is 74.7 Å². The smallest absolute Gasteiger partial charge is 0.146 e. The number of Topliss-reactive ketones (excluding diaryl/α,β-unsaturated/α-hetero) is 1. The van der Waals surface area contributed by atoms with Gasteiger partial charge in [0.15, 0.2) is 0 Å². The predicted molar refractivity (Wildman–Crippen MR) is 51.0 cm³/mol. The van der Waals surface area contributed by atoms with Crippen molar-refractivity contribution in [1.82, 2.24) is 5.32 Å². The minimum Gasteiger partial charge on any atom is -0.328 e. The van der Waals surface area contributed by atoms with Crippen LogP contribution in [0.3, 0.4) is 0 Å². The lowest BCUT2D eigenvalue weighted by Crippen LogP contribution is -2.40. The Hall–Kier alpha value is -0.410. The average Bonchev–Trinajstić information content (AvgIpc) is 1.85. The largest absolute Gasteiger partial charge is 0.328 e. The molecular formula is C9H20N2O. The molecule has 0 aliphatic carbocycles. The van der Waals surface area contributed by atoms with Crippen LogP contribution in [0.15, 0.2) is 0 Å². The minimum absolute atomic E-state index is 0.0454. The van der Waals surface area contributed by atoms with Crippen LogP contribution in [0.1, 0.15) is 27.2 Å².